The zero-order valence-electron chi connectivity index (χ0n) is 14.0. The van der Waals surface area contributed by atoms with Gasteiger partial charge in [-0.1, -0.05) is 13.8 Å². The number of hydrogen-bond acceptors (Lipinski definition) is 4. The van der Waals surface area contributed by atoms with E-state index in [0.29, 0.717) is 23.5 Å². The van der Waals surface area contributed by atoms with Gasteiger partial charge < -0.3 is 4.74 Å². The van der Waals surface area contributed by atoms with Gasteiger partial charge in [-0.25, -0.2) is 8.78 Å². The van der Waals surface area contributed by atoms with E-state index in [1.165, 1.54) is 18.3 Å². The summed E-state index contributed by atoms with van der Waals surface area (Å²) in [5, 5.41) is 4.75. The van der Waals surface area contributed by atoms with Crippen molar-refractivity contribution in [2.45, 2.75) is 25.3 Å². The predicted molar refractivity (Wildman–Crippen MR) is 90.8 cm³/mol. The summed E-state index contributed by atoms with van der Waals surface area (Å²) >= 11 is 0. The molecule has 3 aromatic rings. The smallest absolute Gasteiger partial charge is 0.298 e. The zero-order valence-corrected chi connectivity index (χ0v) is 14.8. The molecular formula is C17H16F2N2O4S. The van der Waals surface area contributed by atoms with E-state index in [9.17, 15) is 21.8 Å². The molecule has 3 rings (SSSR count). The lowest BCUT2D eigenvalue weighted by Gasteiger charge is -2.12. The van der Waals surface area contributed by atoms with Crippen molar-refractivity contribution in [3.63, 3.8) is 0 Å². The van der Waals surface area contributed by atoms with Crippen molar-refractivity contribution < 1.29 is 26.5 Å². The Morgan fingerprint density at radius 1 is 1.19 bits per heavy atom. The molecule has 0 fully saturated rings. The topological polar surface area (TPSA) is 81.4 Å². The SMILES string of the molecule is CC(C)Cn1ncc2cc(Oc3ccc(F)cc3F)c(S(=O)(=O)O)cc21. The first-order valence-corrected chi connectivity index (χ1v) is 9.19. The maximum Gasteiger partial charge on any atom is 0.298 e. The number of hydrogen-bond donors (Lipinski definition) is 1. The van der Waals surface area contributed by atoms with E-state index < -0.39 is 26.6 Å². The molecule has 26 heavy (non-hydrogen) atoms. The third-order valence-electron chi connectivity index (χ3n) is 3.64. The molecule has 9 heteroatoms. The Morgan fingerprint density at radius 2 is 1.92 bits per heavy atom. The van der Waals surface area contributed by atoms with E-state index in [2.05, 4.69) is 5.10 Å². The minimum absolute atomic E-state index is 0.261. The lowest BCUT2D eigenvalue weighted by atomic mass is 10.2. The summed E-state index contributed by atoms with van der Waals surface area (Å²) in [6.45, 7) is 4.50. The second kappa shape index (κ2) is 6.65. The van der Waals surface area contributed by atoms with Gasteiger partial charge in [-0.2, -0.15) is 13.5 Å². The minimum atomic E-state index is -4.65. The molecule has 0 amide bonds. The van der Waals surface area contributed by atoms with Gasteiger partial charge in [-0.05, 0) is 30.2 Å². The maximum absolute atomic E-state index is 13.8. The molecule has 0 bridgehead atoms. The van der Waals surface area contributed by atoms with Crippen LogP contribution >= 0.6 is 0 Å². The first-order valence-electron chi connectivity index (χ1n) is 7.75. The van der Waals surface area contributed by atoms with Gasteiger partial charge in [0.15, 0.2) is 11.6 Å². The fraction of sp³-hybridized carbons (Fsp3) is 0.235. The van der Waals surface area contributed by atoms with E-state index in [1.54, 1.807) is 4.68 Å². The van der Waals surface area contributed by atoms with Crippen molar-refractivity contribution in [2.75, 3.05) is 0 Å². The van der Waals surface area contributed by atoms with Gasteiger partial charge in [-0.3, -0.25) is 9.23 Å². The Kier molecular flexibility index (Phi) is 4.68. The molecular weight excluding hydrogens is 366 g/mol. The molecule has 138 valence electrons. The number of aromatic nitrogens is 2. The van der Waals surface area contributed by atoms with Crippen LogP contribution in [0.25, 0.3) is 10.9 Å². The number of fused-ring (bicyclic) bond motifs is 1. The van der Waals surface area contributed by atoms with Crippen molar-refractivity contribution in [1.82, 2.24) is 9.78 Å². The van der Waals surface area contributed by atoms with E-state index in [1.807, 2.05) is 13.8 Å². The van der Waals surface area contributed by atoms with Crippen LogP contribution in [-0.2, 0) is 16.7 Å². The minimum Gasteiger partial charge on any atom is -0.453 e. The summed E-state index contributed by atoms with van der Waals surface area (Å²) in [5.74, 6) is -2.19. The van der Waals surface area contributed by atoms with Crippen molar-refractivity contribution >= 4 is 21.0 Å². The highest BCUT2D eigenvalue weighted by atomic mass is 32.2. The normalized spacial score (nSPS) is 12.1. The molecule has 0 atom stereocenters. The number of halogens is 2. The van der Waals surface area contributed by atoms with Gasteiger partial charge in [-0.15, -0.1) is 0 Å². The second-order valence-corrected chi connectivity index (χ2v) is 7.62. The van der Waals surface area contributed by atoms with Gasteiger partial charge in [0.1, 0.15) is 16.5 Å². The van der Waals surface area contributed by atoms with Crippen LogP contribution in [0.3, 0.4) is 0 Å². The van der Waals surface area contributed by atoms with E-state index in [-0.39, 0.29) is 17.4 Å². The molecule has 0 saturated heterocycles. The summed E-state index contributed by atoms with van der Waals surface area (Å²) in [4.78, 5) is -0.528. The summed E-state index contributed by atoms with van der Waals surface area (Å²) in [7, 11) is -4.65. The quantitative estimate of drug-likeness (QED) is 0.675. The van der Waals surface area contributed by atoms with Gasteiger partial charge in [0.2, 0.25) is 0 Å². The van der Waals surface area contributed by atoms with Crippen LogP contribution < -0.4 is 4.74 Å². The average molecular weight is 382 g/mol. The molecule has 6 nitrogen and oxygen atoms in total. The molecule has 0 unspecified atom stereocenters. The third kappa shape index (κ3) is 3.68. The molecule has 0 saturated carbocycles. The lowest BCUT2D eigenvalue weighted by molar-refractivity contribution is 0.421. The Labute approximate surface area is 148 Å². The highest BCUT2D eigenvalue weighted by Gasteiger charge is 2.21. The summed E-state index contributed by atoms with van der Waals surface area (Å²) in [6.07, 6.45) is 1.51. The largest absolute Gasteiger partial charge is 0.453 e. The van der Waals surface area contributed by atoms with Crippen LogP contribution in [-0.4, -0.2) is 22.8 Å². The summed E-state index contributed by atoms with van der Waals surface area (Å²) in [5.41, 5.74) is 0.484. The van der Waals surface area contributed by atoms with Crippen molar-refractivity contribution in [2.24, 2.45) is 5.92 Å². The van der Waals surface area contributed by atoms with Crippen LogP contribution in [0.4, 0.5) is 8.78 Å². The molecule has 0 aliphatic heterocycles. The molecule has 0 radical (unpaired) electrons. The summed E-state index contributed by atoms with van der Waals surface area (Å²) < 4.78 is 66.9. The van der Waals surface area contributed by atoms with Crippen LogP contribution in [0.15, 0.2) is 41.4 Å². The Morgan fingerprint density at radius 3 is 2.54 bits per heavy atom. The van der Waals surface area contributed by atoms with Gasteiger partial charge in [0, 0.05) is 18.0 Å². The third-order valence-corrected chi connectivity index (χ3v) is 4.51. The van der Waals surface area contributed by atoms with Gasteiger partial charge in [0.25, 0.3) is 10.1 Å². The molecule has 0 aliphatic carbocycles. The van der Waals surface area contributed by atoms with Crippen molar-refractivity contribution in [3.8, 4) is 11.5 Å². The van der Waals surface area contributed by atoms with E-state index >= 15 is 0 Å². The maximum atomic E-state index is 13.8. The van der Waals surface area contributed by atoms with E-state index in [4.69, 9.17) is 4.74 Å². The Balaban J connectivity index is 2.14. The molecule has 0 spiro atoms. The highest BCUT2D eigenvalue weighted by molar-refractivity contribution is 7.86. The predicted octanol–water partition coefficient (Wildman–Crippen LogP) is 4.01. The number of benzene rings is 2. The van der Waals surface area contributed by atoms with Gasteiger partial charge >= 0.3 is 0 Å². The average Bonchev–Trinajstić information content (AvgIpc) is 2.90. The first kappa shape index (κ1) is 18.3. The van der Waals surface area contributed by atoms with Crippen LogP contribution in [0.5, 0.6) is 11.5 Å². The lowest BCUT2D eigenvalue weighted by Crippen LogP contribution is -2.07. The number of nitrogens with zero attached hydrogens (tertiary/aromatic N) is 2. The first-order chi connectivity index (χ1) is 12.1. The number of rotatable bonds is 5. The van der Waals surface area contributed by atoms with E-state index in [0.717, 1.165) is 12.1 Å². The van der Waals surface area contributed by atoms with Crippen molar-refractivity contribution in [1.29, 1.82) is 0 Å². The molecule has 1 aromatic heterocycles. The highest BCUT2D eigenvalue weighted by Crippen LogP contribution is 2.34. The fourth-order valence-electron chi connectivity index (χ4n) is 2.54. The molecule has 1 N–H and O–H groups in total. The second-order valence-electron chi connectivity index (χ2n) is 6.23. The Hall–Kier alpha value is -2.52. The van der Waals surface area contributed by atoms with Crippen molar-refractivity contribution in [3.05, 3.63) is 48.2 Å². The monoisotopic (exact) mass is 382 g/mol. The summed E-state index contributed by atoms with van der Waals surface area (Å²) in [6, 6.07) is 5.18. The van der Waals surface area contributed by atoms with Crippen LogP contribution in [0.1, 0.15) is 13.8 Å². The Bertz CT molecular complexity index is 1080. The van der Waals surface area contributed by atoms with Crippen LogP contribution in [0, 0.1) is 17.6 Å². The zero-order chi connectivity index (χ0) is 19.1. The fourth-order valence-corrected chi connectivity index (χ4v) is 3.15. The molecule has 1 heterocycles. The number of ether oxygens (including phenoxy) is 1. The van der Waals surface area contributed by atoms with Gasteiger partial charge in [0.05, 0.1) is 11.7 Å². The molecule has 2 aromatic carbocycles. The standard InChI is InChI=1S/C17H16F2N2O4S/c1-10(2)9-21-14-7-17(26(22,23)24)16(5-11(14)8-20-21)25-15-4-3-12(18)6-13(15)19/h3-8,10H,9H2,1-2H3,(H,22,23,24). The molecule has 0 aliphatic rings. The van der Waals surface area contributed by atoms with Crippen LogP contribution in [0.2, 0.25) is 0 Å².